The van der Waals surface area contributed by atoms with Gasteiger partial charge in [0.2, 0.25) is 0 Å². The Labute approximate surface area is 230 Å². The summed E-state index contributed by atoms with van der Waals surface area (Å²) in [6.07, 6.45) is 0.0246. The Morgan fingerprint density at radius 3 is 2.54 bits per heavy atom. The van der Waals surface area contributed by atoms with Crippen LogP contribution in [0.4, 0.5) is 0 Å². The summed E-state index contributed by atoms with van der Waals surface area (Å²) < 4.78 is 18.2. The van der Waals surface area contributed by atoms with E-state index in [0.29, 0.717) is 18.1 Å². The Balaban J connectivity index is 1.62. The molecule has 0 spiro atoms. The van der Waals surface area contributed by atoms with E-state index in [9.17, 15) is 4.79 Å². The monoisotopic (exact) mass is 539 g/mol. The largest absolute Gasteiger partial charge is 0.374 e. The van der Waals surface area contributed by atoms with Crippen LogP contribution in [0.5, 0.6) is 0 Å². The number of ether oxygens (including phenoxy) is 2. The minimum atomic E-state index is -0.862. The van der Waals surface area contributed by atoms with Gasteiger partial charge >= 0.3 is 0 Å². The highest BCUT2D eigenvalue weighted by atomic mass is 32.1. The van der Waals surface area contributed by atoms with Crippen LogP contribution in [0.25, 0.3) is 43.6 Å². The van der Waals surface area contributed by atoms with Crippen molar-refractivity contribution in [1.82, 2.24) is 24.7 Å². The van der Waals surface area contributed by atoms with E-state index in [1.165, 1.54) is 0 Å². The summed E-state index contributed by atoms with van der Waals surface area (Å²) in [6.45, 7) is 2.64. The minimum absolute atomic E-state index is 0.0160. The van der Waals surface area contributed by atoms with Gasteiger partial charge in [-0.3, -0.25) is 4.79 Å². The lowest BCUT2D eigenvalue weighted by atomic mass is 9.92. The second-order valence-electron chi connectivity index (χ2n) is 11.0. The molecule has 5 aromatic rings. The number of hydrogen-bond donors (Lipinski definition) is 2. The Morgan fingerprint density at radius 2 is 1.82 bits per heavy atom. The smallest absolute Gasteiger partial charge is 0.252 e. The van der Waals surface area contributed by atoms with Crippen LogP contribution in [0.3, 0.4) is 0 Å². The summed E-state index contributed by atoms with van der Waals surface area (Å²) in [4.78, 5) is 15.6. The summed E-state index contributed by atoms with van der Waals surface area (Å²) in [5.41, 5.74) is 5.22. The maximum atomic E-state index is 13.5. The van der Waals surface area contributed by atoms with Gasteiger partial charge in [0.25, 0.3) is 5.91 Å². The van der Waals surface area contributed by atoms with E-state index in [4.69, 9.17) is 21.7 Å². The molecule has 1 saturated heterocycles. The molecule has 2 aromatic heterocycles. The molecule has 1 amide bonds. The number of methoxy groups -OCH3 is 1. The van der Waals surface area contributed by atoms with Crippen molar-refractivity contribution in [2.75, 3.05) is 21.2 Å². The second-order valence-corrected chi connectivity index (χ2v) is 11.4. The van der Waals surface area contributed by atoms with Gasteiger partial charge in [-0.15, -0.1) is 0 Å². The fourth-order valence-electron chi connectivity index (χ4n) is 7.72. The van der Waals surface area contributed by atoms with E-state index >= 15 is 0 Å². The van der Waals surface area contributed by atoms with Crippen molar-refractivity contribution in [2.45, 2.75) is 44.0 Å². The van der Waals surface area contributed by atoms with Crippen molar-refractivity contribution in [3.05, 3.63) is 59.7 Å². The summed E-state index contributed by atoms with van der Waals surface area (Å²) in [6, 6.07) is 16.7. The molecule has 39 heavy (non-hydrogen) atoms. The van der Waals surface area contributed by atoms with Gasteiger partial charge in [-0.25, -0.2) is 0 Å². The van der Waals surface area contributed by atoms with Crippen LogP contribution >= 0.6 is 12.2 Å². The van der Waals surface area contributed by atoms with Gasteiger partial charge < -0.3 is 34.1 Å². The Morgan fingerprint density at radius 1 is 1.13 bits per heavy atom. The van der Waals surface area contributed by atoms with Crippen LogP contribution in [-0.4, -0.2) is 58.4 Å². The molecule has 9 heteroatoms. The Bertz CT molecular complexity index is 1910. The average molecular weight is 540 g/mol. The molecular formula is C30H29N5O3S. The standard InChI is InChI=1S/C30H29N5O3S/c1-30-27(37-4)20(33(3)29(39)31-2)13-21(38-30)34-18-11-7-5-9-15(18)23-24-17(14-32-28(24)36)22-16-10-6-8-12-19(16)35(30)26(22)25(23)34/h5-12,20-21,27H,13-14H2,1-4H3,(H,31,39)(H,32,36)/t20-,21-,27-,30+/m1/s1. The predicted molar refractivity (Wildman–Crippen MR) is 156 cm³/mol. The van der Waals surface area contributed by atoms with Crippen LogP contribution in [0.1, 0.15) is 35.5 Å². The van der Waals surface area contributed by atoms with Crippen LogP contribution < -0.4 is 10.6 Å². The quantitative estimate of drug-likeness (QED) is 0.320. The van der Waals surface area contributed by atoms with Crippen LogP contribution in [0, 0.1) is 0 Å². The zero-order chi connectivity index (χ0) is 26.8. The number of carbonyl (C=O) groups excluding carboxylic acids is 1. The van der Waals surface area contributed by atoms with E-state index in [1.807, 2.05) is 20.2 Å². The van der Waals surface area contributed by atoms with E-state index in [-0.39, 0.29) is 24.3 Å². The Hall–Kier alpha value is -3.66. The van der Waals surface area contributed by atoms with E-state index in [1.54, 1.807) is 7.11 Å². The number of para-hydroxylation sites is 2. The summed E-state index contributed by atoms with van der Waals surface area (Å²) >= 11 is 5.71. The molecule has 1 fully saturated rings. The molecule has 8 nitrogen and oxygen atoms in total. The van der Waals surface area contributed by atoms with Gasteiger partial charge in [0.1, 0.15) is 12.3 Å². The second kappa shape index (κ2) is 7.71. The number of amides is 1. The third-order valence-electron chi connectivity index (χ3n) is 9.23. The molecule has 3 aliphatic heterocycles. The number of fused-ring (bicyclic) bond motifs is 13. The molecule has 3 aliphatic rings. The third-order valence-corrected chi connectivity index (χ3v) is 9.72. The van der Waals surface area contributed by atoms with Gasteiger partial charge in [-0.1, -0.05) is 36.4 Å². The summed E-state index contributed by atoms with van der Waals surface area (Å²) in [7, 11) is 5.63. The van der Waals surface area contributed by atoms with Crippen LogP contribution in [0.2, 0.25) is 0 Å². The van der Waals surface area contributed by atoms with Crippen LogP contribution in [-0.2, 0) is 21.7 Å². The minimum Gasteiger partial charge on any atom is -0.374 e. The van der Waals surface area contributed by atoms with Crippen molar-refractivity contribution >= 4 is 66.8 Å². The molecule has 2 bridgehead atoms. The van der Waals surface area contributed by atoms with Gasteiger partial charge in [0.05, 0.1) is 33.7 Å². The number of hydrogen-bond acceptors (Lipinski definition) is 4. The maximum absolute atomic E-state index is 13.5. The first-order valence-corrected chi connectivity index (χ1v) is 13.8. The summed E-state index contributed by atoms with van der Waals surface area (Å²) in [5.74, 6) is -0.0160. The van der Waals surface area contributed by atoms with Gasteiger partial charge in [0, 0.05) is 55.7 Å². The fourth-order valence-corrected chi connectivity index (χ4v) is 7.85. The predicted octanol–water partition coefficient (Wildman–Crippen LogP) is 4.57. The molecular weight excluding hydrogens is 510 g/mol. The molecule has 5 heterocycles. The van der Waals surface area contributed by atoms with Crippen molar-refractivity contribution in [2.24, 2.45) is 0 Å². The fraction of sp³-hybridized carbons (Fsp3) is 0.333. The van der Waals surface area contributed by atoms with Gasteiger partial charge in [-0.2, -0.15) is 0 Å². The number of thiocarbonyl (C=S) groups is 1. The van der Waals surface area contributed by atoms with Gasteiger partial charge in [-0.05, 0) is 36.8 Å². The topological polar surface area (TPSA) is 72.7 Å². The first-order valence-electron chi connectivity index (χ1n) is 13.3. The molecule has 0 unspecified atom stereocenters. The normalized spacial score (nSPS) is 25.4. The average Bonchev–Trinajstić information content (AvgIpc) is 3.59. The zero-order valence-corrected chi connectivity index (χ0v) is 23.1. The number of nitrogens with one attached hydrogen (secondary N) is 2. The number of likely N-dealkylation sites (N-methyl/N-ethyl adjacent to an activating group) is 1. The first-order chi connectivity index (χ1) is 18.9. The third kappa shape index (κ3) is 2.65. The molecule has 2 N–H and O–H groups in total. The van der Waals surface area contributed by atoms with Gasteiger partial charge in [0.15, 0.2) is 10.8 Å². The van der Waals surface area contributed by atoms with Crippen molar-refractivity contribution in [3.63, 3.8) is 0 Å². The van der Waals surface area contributed by atoms with E-state index in [0.717, 1.165) is 54.7 Å². The highest BCUT2D eigenvalue weighted by molar-refractivity contribution is 7.80. The van der Waals surface area contributed by atoms with E-state index < -0.39 is 5.72 Å². The molecule has 4 atom stereocenters. The Kier molecular flexibility index (Phi) is 4.60. The molecule has 198 valence electrons. The number of carbonyl (C=O) groups is 1. The lowest BCUT2D eigenvalue weighted by Gasteiger charge is -2.51. The molecule has 8 rings (SSSR count). The maximum Gasteiger partial charge on any atom is 0.252 e. The zero-order valence-electron chi connectivity index (χ0n) is 22.2. The first kappa shape index (κ1) is 23.2. The van der Waals surface area contributed by atoms with Crippen molar-refractivity contribution in [3.8, 4) is 0 Å². The van der Waals surface area contributed by atoms with Crippen molar-refractivity contribution < 1.29 is 14.3 Å². The molecule has 3 aromatic carbocycles. The summed E-state index contributed by atoms with van der Waals surface area (Å²) in [5, 5.41) is 11.2. The van der Waals surface area contributed by atoms with Crippen molar-refractivity contribution in [1.29, 1.82) is 0 Å². The van der Waals surface area contributed by atoms with E-state index in [2.05, 4.69) is 74.1 Å². The lowest BCUT2D eigenvalue weighted by molar-refractivity contribution is -0.263. The number of aromatic nitrogens is 2. The number of rotatable bonds is 2. The SMILES string of the molecule is CNC(=S)N(C)[C@@H]1C[C@H]2O[C@@](C)([C@@H]1OC)n1c3ccccc3c3c4c(c5c6ccccc6n2c5c31)C(=O)NC4. The molecule has 0 saturated carbocycles. The number of nitrogens with zero attached hydrogens (tertiary/aromatic N) is 3. The lowest BCUT2D eigenvalue weighted by Crippen LogP contribution is -2.62. The molecule has 0 radical (unpaired) electrons. The molecule has 0 aliphatic carbocycles. The highest BCUT2D eigenvalue weighted by Gasteiger charge is 2.54. The van der Waals surface area contributed by atoms with Crippen LogP contribution in [0.15, 0.2) is 48.5 Å². The number of benzene rings is 3. The highest BCUT2D eigenvalue weighted by Crippen LogP contribution is 2.54.